The molecule has 0 aliphatic heterocycles. The summed E-state index contributed by atoms with van der Waals surface area (Å²) in [5, 5.41) is 20.2. The molecule has 5 N–H and O–H groups in total. The predicted octanol–water partition coefficient (Wildman–Crippen LogP) is 2.98. The zero-order chi connectivity index (χ0) is 23.9. The Morgan fingerprint density at radius 2 is 1.78 bits per heavy atom. The van der Waals surface area contributed by atoms with E-state index in [9.17, 15) is 23.4 Å². The number of rotatable bonds is 11. The molecule has 0 aromatic heterocycles. The van der Waals surface area contributed by atoms with Gasteiger partial charge in [0, 0.05) is 18.3 Å². The minimum atomic E-state index is -3.47. The highest BCUT2D eigenvalue weighted by Crippen LogP contribution is 2.24. The van der Waals surface area contributed by atoms with Gasteiger partial charge in [-0.05, 0) is 48.1 Å². The molecule has 32 heavy (non-hydrogen) atoms. The average Bonchev–Trinajstić information content (AvgIpc) is 2.73. The first-order valence-corrected chi connectivity index (χ1v) is 12.3. The van der Waals surface area contributed by atoms with Crippen LogP contribution in [0.2, 0.25) is 0 Å². The normalized spacial score (nSPS) is 13.6. The third kappa shape index (κ3) is 7.81. The van der Waals surface area contributed by atoms with Crippen molar-refractivity contribution in [1.82, 2.24) is 4.90 Å². The molecule has 0 bridgehead atoms. The molecule has 0 saturated carbocycles. The summed E-state index contributed by atoms with van der Waals surface area (Å²) in [7, 11) is -3.47. The van der Waals surface area contributed by atoms with Gasteiger partial charge in [-0.25, -0.2) is 13.2 Å². The van der Waals surface area contributed by atoms with Crippen LogP contribution in [0, 0.1) is 0 Å². The number of benzene rings is 2. The van der Waals surface area contributed by atoms with E-state index in [4.69, 9.17) is 5.73 Å². The number of carboxylic acid groups (broad SMARTS) is 1. The molecule has 8 nitrogen and oxygen atoms in total. The molecule has 0 spiro atoms. The Kier molecular flexibility index (Phi) is 9.06. The van der Waals surface area contributed by atoms with E-state index in [1.807, 2.05) is 50.2 Å². The quantitative estimate of drug-likeness (QED) is 0.405. The number of carbonyl (C=O) groups is 1. The average molecular weight is 464 g/mol. The van der Waals surface area contributed by atoms with Crippen LogP contribution in [0.1, 0.15) is 43.4 Å². The summed E-state index contributed by atoms with van der Waals surface area (Å²) in [6.45, 7) is 5.32. The molecule has 0 saturated heterocycles. The first-order valence-electron chi connectivity index (χ1n) is 10.6. The van der Waals surface area contributed by atoms with E-state index in [2.05, 4.69) is 4.72 Å². The molecule has 1 amide bonds. The van der Waals surface area contributed by atoms with Crippen molar-refractivity contribution in [3.8, 4) is 0 Å². The number of sulfonamides is 1. The smallest absolute Gasteiger partial charge is 0.407 e. The fraction of sp³-hybridized carbons (Fsp3) is 0.435. The van der Waals surface area contributed by atoms with Crippen molar-refractivity contribution in [3.63, 3.8) is 0 Å². The Morgan fingerprint density at radius 3 is 2.34 bits per heavy atom. The molecule has 0 heterocycles. The molecule has 2 rings (SSSR count). The first-order chi connectivity index (χ1) is 15.0. The lowest BCUT2D eigenvalue weighted by Gasteiger charge is -2.26. The molecule has 2 atom stereocenters. The summed E-state index contributed by atoms with van der Waals surface area (Å²) in [6.07, 6.45) is -1.83. The van der Waals surface area contributed by atoms with E-state index >= 15 is 0 Å². The fourth-order valence-corrected chi connectivity index (χ4v) is 3.89. The van der Waals surface area contributed by atoms with Crippen LogP contribution >= 0.6 is 0 Å². The van der Waals surface area contributed by atoms with Crippen LogP contribution in [-0.2, 0) is 23.0 Å². The number of aliphatic hydroxyl groups excluding tert-OH is 1. The van der Waals surface area contributed by atoms with Crippen LogP contribution in [0.5, 0.6) is 0 Å². The lowest BCUT2D eigenvalue weighted by molar-refractivity contribution is 0.0795. The van der Waals surface area contributed by atoms with Crippen molar-refractivity contribution in [2.24, 2.45) is 5.73 Å². The van der Waals surface area contributed by atoms with Gasteiger partial charge < -0.3 is 20.8 Å². The summed E-state index contributed by atoms with van der Waals surface area (Å²) >= 11 is 0. The maximum absolute atomic E-state index is 12.0. The fourth-order valence-electron chi connectivity index (χ4n) is 3.27. The maximum atomic E-state index is 12.0. The van der Waals surface area contributed by atoms with Crippen LogP contribution in [0.4, 0.5) is 10.5 Å². The Morgan fingerprint density at radius 1 is 1.12 bits per heavy atom. The standard InChI is InChI=1S/C23H33N3O5S/c1-4-32(30,31)25-20-11-18(10-19(13-20)16(2)3)14-26(23(28)29)15-22(27)21(24)12-17-8-6-5-7-9-17/h5-11,13,16,21-22,25,27H,4,12,14-15,24H2,1-3H3,(H,28,29)/t21-,22+/m0/s1. The van der Waals surface area contributed by atoms with Crippen LogP contribution < -0.4 is 10.5 Å². The second-order valence-electron chi connectivity index (χ2n) is 8.21. The van der Waals surface area contributed by atoms with Crippen LogP contribution in [0.3, 0.4) is 0 Å². The van der Waals surface area contributed by atoms with E-state index in [0.29, 0.717) is 17.7 Å². The van der Waals surface area contributed by atoms with Crippen molar-refractivity contribution in [3.05, 3.63) is 65.2 Å². The summed E-state index contributed by atoms with van der Waals surface area (Å²) < 4.78 is 26.5. The third-order valence-electron chi connectivity index (χ3n) is 5.20. The van der Waals surface area contributed by atoms with Gasteiger partial charge in [-0.2, -0.15) is 0 Å². The van der Waals surface area contributed by atoms with E-state index in [1.54, 1.807) is 19.1 Å². The number of nitrogens with one attached hydrogen (secondary N) is 1. The lowest BCUT2D eigenvalue weighted by Crippen LogP contribution is -2.46. The Labute approximate surface area is 190 Å². The molecule has 9 heteroatoms. The number of nitrogens with two attached hydrogens (primary N) is 1. The topological polar surface area (TPSA) is 133 Å². The molecule has 2 aromatic carbocycles. The van der Waals surface area contributed by atoms with E-state index in [1.165, 1.54) is 0 Å². The number of aliphatic hydroxyl groups is 1. The monoisotopic (exact) mass is 463 g/mol. The molecule has 0 unspecified atom stereocenters. The Balaban J connectivity index is 2.18. The second-order valence-corrected chi connectivity index (χ2v) is 10.2. The molecule has 0 aliphatic rings. The molecule has 2 aromatic rings. The van der Waals surface area contributed by atoms with Crippen molar-refractivity contribution in [2.45, 2.75) is 51.8 Å². The number of hydrogen-bond acceptors (Lipinski definition) is 5. The van der Waals surface area contributed by atoms with Crippen molar-refractivity contribution in [2.75, 3.05) is 17.0 Å². The Bertz CT molecular complexity index is 996. The number of nitrogens with zero attached hydrogens (tertiary/aromatic N) is 1. The van der Waals surface area contributed by atoms with Crippen molar-refractivity contribution >= 4 is 21.8 Å². The zero-order valence-corrected chi connectivity index (χ0v) is 19.5. The van der Waals surface area contributed by atoms with Gasteiger partial charge in [-0.15, -0.1) is 0 Å². The SMILES string of the molecule is CCS(=O)(=O)Nc1cc(CN(C[C@@H](O)[C@@H](N)Cc2ccccc2)C(=O)O)cc(C(C)C)c1. The van der Waals surface area contributed by atoms with Crippen LogP contribution in [0.15, 0.2) is 48.5 Å². The van der Waals surface area contributed by atoms with Gasteiger partial charge in [0.05, 0.1) is 18.4 Å². The summed E-state index contributed by atoms with van der Waals surface area (Å²) in [6, 6.07) is 14.0. The minimum Gasteiger partial charge on any atom is -0.465 e. The van der Waals surface area contributed by atoms with Crippen LogP contribution in [-0.4, -0.2) is 54.1 Å². The van der Waals surface area contributed by atoms with E-state index in [0.717, 1.165) is 16.0 Å². The van der Waals surface area contributed by atoms with Crippen molar-refractivity contribution in [1.29, 1.82) is 0 Å². The van der Waals surface area contributed by atoms with Gasteiger partial charge in [-0.3, -0.25) is 4.72 Å². The van der Waals surface area contributed by atoms with E-state index in [-0.39, 0.29) is 24.8 Å². The predicted molar refractivity (Wildman–Crippen MR) is 126 cm³/mol. The van der Waals surface area contributed by atoms with Gasteiger partial charge in [-0.1, -0.05) is 50.2 Å². The lowest BCUT2D eigenvalue weighted by atomic mass is 9.99. The van der Waals surface area contributed by atoms with E-state index < -0.39 is 28.3 Å². The Hall–Kier alpha value is -2.62. The number of amides is 1. The molecular formula is C23H33N3O5S. The molecular weight excluding hydrogens is 430 g/mol. The second kappa shape index (κ2) is 11.3. The van der Waals surface area contributed by atoms with Gasteiger partial charge >= 0.3 is 6.09 Å². The van der Waals surface area contributed by atoms with Crippen molar-refractivity contribution < 1.29 is 23.4 Å². The molecule has 0 radical (unpaired) electrons. The minimum absolute atomic E-state index is 0.00807. The van der Waals surface area contributed by atoms with Gasteiger partial charge in [0.25, 0.3) is 0 Å². The maximum Gasteiger partial charge on any atom is 0.407 e. The highest BCUT2D eigenvalue weighted by Gasteiger charge is 2.23. The van der Waals surface area contributed by atoms with Crippen LogP contribution in [0.25, 0.3) is 0 Å². The molecule has 176 valence electrons. The zero-order valence-electron chi connectivity index (χ0n) is 18.7. The third-order valence-corrected chi connectivity index (χ3v) is 6.50. The summed E-state index contributed by atoms with van der Waals surface area (Å²) in [4.78, 5) is 13.0. The molecule has 0 fully saturated rings. The van der Waals surface area contributed by atoms with Gasteiger partial charge in [0.15, 0.2) is 0 Å². The van der Waals surface area contributed by atoms with Gasteiger partial charge in [0.2, 0.25) is 10.0 Å². The largest absolute Gasteiger partial charge is 0.465 e. The molecule has 0 aliphatic carbocycles. The van der Waals surface area contributed by atoms with Gasteiger partial charge in [0.1, 0.15) is 0 Å². The summed E-state index contributed by atoms with van der Waals surface area (Å²) in [5.74, 6) is 0.0454. The highest BCUT2D eigenvalue weighted by molar-refractivity contribution is 7.92. The number of hydrogen-bond donors (Lipinski definition) is 4. The number of anilines is 1. The summed E-state index contributed by atoms with van der Waals surface area (Å²) in [5.41, 5.74) is 8.96. The highest BCUT2D eigenvalue weighted by atomic mass is 32.2. The first kappa shape index (κ1) is 25.6.